The van der Waals surface area contributed by atoms with Crippen LogP contribution in [0.4, 0.5) is 17.1 Å². The fraction of sp³-hybridized carbons (Fsp3) is 0. The standard InChI is InChI=1S/C40H27NO/c1-4-12-28(13-5-1)30-20-23-33(24-21-30)41(32-16-8-3-9-17-32)38-27-37-36-26-31(29-14-6-2-7-15-29)22-25-39(36)42-40(37)35-19-11-10-18-34(35)38/h1-27H. The first-order chi connectivity index (χ1) is 20.8. The molecule has 2 nitrogen and oxygen atoms in total. The van der Waals surface area contributed by atoms with Gasteiger partial charge in [0, 0.05) is 32.9 Å². The topological polar surface area (TPSA) is 16.4 Å². The van der Waals surface area contributed by atoms with Gasteiger partial charge in [0.05, 0.1) is 5.69 Å². The number of para-hydroxylation sites is 1. The molecule has 0 aliphatic heterocycles. The van der Waals surface area contributed by atoms with Gasteiger partial charge in [-0.3, -0.25) is 0 Å². The number of anilines is 3. The Kier molecular flexibility index (Phi) is 5.82. The largest absolute Gasteiger partial charge is 0.455 e. The number of furan rings is 1. The van der Waals surface area contributed by atoms with Crippen molar-refractivity contribution in [2.24, 2.45) is 0 Å². The van der Waals surface area contributed by atoms with E-state index in [4.69, 9.17) is 4.42 Å². The lowest BCUT2D eigenvalue weighted by atomic mass is 9.99. The average molecular weight is 538 g/mol. The number of benzene rings is 7. The molecule has 0 N–H and O–H groups in total. The van der Waals surface area contributed by atoms with Crippen LogP contribution < -0.4 is 4.90 Å². The first-order valence-corrected chi connectivity index (χ1v) is 14.3. The van der Waals surface area contributed by atoms with E-state index in [-0.39, 0.29) is 0 Å². The van der Waals surface area contributed by atoms with Gasteiger partial charge in [0.2, 0.25) is 0 Å². The zero-order valence-corrected chi connectivity index (χ0v) is 22.9. The number of nitrogens with zero attached hydrogens (tertiary/aromatic N) is 1. The molecule has 0 aliphatic rings. The fourth-order valence-electron chi connectivity index (χ4n) is 6.01. The van der Waals surface area contributed by atoms with E-state index < -0.39 is 0 Å². The predicted octanol–water partition coefficient (Wildman–Crippen LogP) is 11.5. The van der Waals surface area contributed by atoms with Crippen LogP contribution in [0.5, 0.6) is 0 Å². The van der Waals surface area contributed by atoms with Crippen LogP contribution in [0.15, 0.2) is 168 Å². The maximum atomic E-state index is 6.55. The average Bonchev–Trinajstić information content (AvgIpc) is 3.45. The Bertz CT molecular complexity index is 2160. The molecule has 0 bridgehead atoms. The van der Waals surface area contributed by atoms with E-state index in [1.165, 1.54) is 22.3 Å². The van der Waals surface area contributed by atoms with Gasteiger partial charge in [-0.25, -0.2) is 0 Å². The van der Waals surface area contributed by atoms with Crippen molar-refractivity contribution < 1.29 is 4.42 Å². The molecule has 0 amide bonds. The lowest BCUT2D eigenvalue weighted by Crippen LogP contribution is -2.10. The summed E-state index contributed by atoms with van der Waals surface area (Å²) < 4.78 is 6.55. The third kappa shape index (κ3) is 4.13. The smallest absolute Gasteiger partial charge is 0.143 e. The Hall–Kier alpha value is -5.60. The fourth-order valence-corrected chi connectivity index (χ4v) is 6.01. The van der Waals surface area contributed by atoms with Gasteiger partial charge in [0.15, 0.2) is 0 Å². The Morgan fingerprint density at radius 3 is 1.57 bits per heavy atom. The van der Waals surface area contributed by atoms with Gasteiger partial charge >= 0.3 is 0 Å². The van der Waals surface area contributed by atoms with Crippen LogP contribution >= 0.6 is 0 Å². The molecule has 2 heteroatoms. The lowest BCUT2D eigenvalue weighted by molar-refractivity contribution is 0.672. The summed E-state index contributed by atoms with van der Waals surface area (Å²) in [5, 5.41) is 4.47. The molecule has 0 aliphatic carbocycles. The second kappa shape index (κ2) is 10.1. The molecule has 1 heterocycles. The van der Waals surface area contributed by atoms with Gasteiger partial charge in [-0.05, 0) is 64.7 Å². The maximum absolute atomic E-state index is 6.55. The molecule has 8 rings (SSSR count). The van der Waals surface area contributed by atoms with Crippen molar-refractivity contribution in [2.75, 3.05) is 4.90 Å². The third-order valence-electron chi connectivity index (χ3n) is 8.05. The van der Waals surface area contributed by atoms with Crippen molar-refractivity contribution in [1.82, 2.24) is 0 Å². The van der Waals surface area contributed by atoms with Crippen molar-refractivity contribution in [3.63, 3.8) is 0 Å². The van der Waals surface area contributed by atoms with Crippen LogP contribution in [0.3, 0.4) is 0 Å². The molecule has 42 heavy (non-hydrogen) atoms. The molecule has 0 unspecified atom stereocenters. The van der Waals surface area contributed by atoms with Crippen molar-refractivity contribution in [1.29, 1.82) is 0 Å². The predicted molar refractivity (Wildman–Crippen MR) is 177 cm³/mol. The summed E-state index contributed by atoms with van der Waals surface area (Å²) in [6.07, 6.45) is 0. The van der Waals surface area contributed by atoms with E-state index in [1.54, 1.807) is 0 Å². The van der Waals surface area contributed by atoms with Crippen molar-refractivity contribution in [3.05, 3.63) is 164 Å². The zero-order valence-electron chi connectivity index (χ0n) is 22.9. The van der Waals surface area contributed by atoms with Crippen LogP contribution in [0, 0.1) is 0 Å². The SMILES string of the molecule is c1ccc(-c2ccc(N(c3ccccc3)c3cc4c5cc(-c6ccccc6)ccc5oc4c4ccccc34)cc2)cc1. The Labute approximate surface area is 244 Å². The molecule has 1 aromatic heterocycles. The van der Waals surface area contributed by atoms with E-state index in [9.17, 15) is 0 Å². The van der Waals surface area contributed by atoms with E-state index in [1.807, 2.05) is 0 Å². The van der Waals surface area contributed by atoms with Gasteiger partial charge in [-0.1, -0.05) is 121 Å². The minimum absolute atomic E-state index is 0.894. The van der Waals surface area contributed by atoms with Crippen molar-refractivity contribution >= 4 is 49.8 Å². The van der Waals surface area contributed by atoms with Gasteiger partial charge in [0.25, 0.3) is 0 Å². The van der Waals surface area contributed by atoms with Crippen LogP contribution in [0.1, 0.15) is 0 Å². The summed E-state index contributed by atoms with van der Waals surface area (Å²) in [4.78, 5) is 2.36. The number of rotatable bonds is 5. The molecule has 198 valence electrons. The molecular weight excluding hydrogens is 510 g/mol. The monoisotopic (exact) mass is 537 g/mol. The second-order valence-corrected chi connectivity index (χ2v) is 10.6. The Balaban J connectivity index is 1.37. The maximum Gasteiger partial charge on any atom is 0.143 e. The molecule has 0 saturated carbocycles. The molecule has 0 spiro atoms. The second-order valence-electron chi connectivity index (χ2n) is 10.6. The summed E-state index contributed by atoms with van der Waals surface area (Å²) >= 11 is 0. The highest BCUT2D eigenvalue weighted by Gasteiger charge is 2.20. The van der Waals surface area contributed by atoms with E-state index in [0.29, 0.717) is 0 Å². The van der Waals surface area contributed by atoms with Crippen LogP contribution in [0.2, 0.25) is 0 Å². The summed E-state index contributed by atoms with van der Waals surface area (Å²) in [5.74, 6) is 0. The van der Waals surface area contributed by atoms with Gasteiger partial charge in [-0.15, -0.1) is 0 Å². The summed E-state index contributed by atoms with van der Waals surface area (Å²) in [5.41, 5.74) is 9.91. The molecular formula is C40H27NO. The van der Waals surface area contributed by atoms with E-state index in [2.05, 4.69) is 169 Å². The number of hydrogen-bond acceptors (Lipinski definition) is 2. The molecule has 0 saturated heterocycles. The normalized spacial score (nSPS) is 11.3. The van der Waals surface area contributed by atoms with Crippen LogP contribution in [-0.4, -0.2) is 0 Å². The quantitative estimate of drug-likeness (QED) is 0.217. The van der Waals surface area contributed by atoms with Crippen molar-refractivity contribution in [2.45, 2.75) is 0 Å². The van der Waals surface area contributed by atoms with Gasteiger partial charge in [-0.2, -0.15) is 0 Å². The Morgan fingerprint density at radius 1 is 0.357 bits per heavy atom. The molecule has 0 atom stereocenters. The highest BCUT2D eigenvalue weighted by atomic mass is 16.3. The first kappa shape index (κ1) is 24.2. The Morgan fingerprint density at radius 2 is 0.881 bits per heavy atom. The molecule has 0 radical (unpaired) electrons. The van der Waals surface area contributed by atoms with Crippen LogP contribution in [-0.2, 0) is 0 Å². The highest BCUT2D eigenvalue weighted by Crippen LogP contribution is 2.45. The third-order valence-corrected chi connectivity index (χ3v) is 8.05. The van der Waals surface area contributed by atoms with Gasteiger partial charge < -0.3 is 9.32 Å². The summed E-state index contributed by atoms with van der Waals surface area (Å²) in [7, 11) is 0. The molecule has 8 aromatic rings. The molecule has 7 aromatic carbocycles. The van der Waals surface area contributed by atoms with Gasteiger partial charge in [0.1, 0.15) is 11.2 Å². The van der Waals surface area contributed by atoms with E-state index in [0.717, 1.165) is 49.8 Å². The van der Waals surface area contributed by atoms with Crippen LogP contribution in [0.25, 0.3) is 55.0 Å². The van der Waals surface area contributed by atoms with Crippen molar-refractivity contribution in [3.8, 4) is 22.3 Å². The zero-order chi connectivity index (χ0) is 27.9. The minimum Gasteiger partial charge on any atom is -0.455 e. The minimum atomic E-state index is 0.894. The number of fused-ring (bicyclic) bond motifs is 5. The highest BCUT2D eigenvalue weighted by molar-refractivity contribution is 6.20. The lowest BCUT2D eigenvalue weighted by Gasteiger charge is -2.27. The molecule has 0 fully saturated rings. The van der Waals surface area contributed by atoms with E-state index >= 15 is 0 Å². The number of hydrogen-bond donors (Lipinski definition) is 0. The summed E-state index contributed by atoms with van der Waals surface area (Å²) in [6.45, 7) is 0. The first-order valence-electron chi connectivity index (χ1n) is 14.3. The summed E-state index contributed by atoms with van der Waals surface area (Å²) in [6, 6.07) is 57.9.